The van der Waals surface area contributed by atoms with Gasteiger partial charge in [-0.25, -0.2) is 17.9 Å². The highest BCUT2D eigenvalue weighted by atomic mass is 32.2. The van der Waals surface area contributed by atoms with Crippen molar-refractivity contribution in [2.24, 2.45) is 0 Å². The minimum absolute atomic E-state index is 0.184. The van der Waals surface area contributed by atoms with Crippen LogP contribution in [0.5, 0.6) is 5.75 Å². The van der Waals surface area contributed by atoms with Gasteiger partial charge in [-0.15, -0.1) is 0 Å². The van der Waals surface area contributed by atoms with Gasteiger partial charge in [-0.1, -0.05) is 12.1 Å². The fourth-order valence-corrected chi connectivity index (χ4v) is 2.19. The molecule has 1 aliphatic rings. The highest BCUT2D eigenvalue weighted by molar-refractivity contribution is 7.88. The average molecular weight is 271 g/mol. The number of nitrogens with one attached hydrogen (secondary N) is 1. The summed E-state index contributed by atoms with van der Waals surface area (Å²) in [5.74, 6) is -0.451. The van der Waals surface area contributed by atoms with Crippen LogP contribution in [0.2, 0.25) is 0 Å². The third-order valence-corrected chi connectivity index (χ3v) is 3.28. The number of ether oxygens (including phenoxy) is 1. The average Bonchev–Trinajstić information content (AvgIpc) is 2.68. The maximum absolute atomic E-state index is 11.0. The summed E-state index contributed by atoms with van der Waals surface area (Å²) >= 11 is 0. The number of hydrogen-bond donors (Lipinski definition) is 2. The van der Waals surface area contributed by atoms with Gasteiger partial charge in [-0.2, -0.15) is 0 Å². The Bertz CT molecular complexity index is 581. The molecule has 0 aromatic heterocycles. The molecule has 0 aliphatic carbocycles. The molecule has 98 valence electrons. The lowest BCUT2D eigenvalue weighted by Gasteiger charge is -2.05. The van der Waals surface area contributed by atoms with Gasteiger partial charge in [0.25, 0.3) is 0 Å². The van der Waals surface area contributed by atoms with Crippen LogP contribution in [-0.2, 0) is 27.8 Å². The van der Waals surface area contributed by atoms with Gasteiger partial charge >= 0.3 is 5.97 Å². The maximum Gasteiger partial charge on any atom is 0.345 e. The summed E-state index contributed by atoms with van der Waals surface area (Å²) in [6.07, 6.45) is 0.541. The summed E-state index contributed by atoms with van der Waals surface area (Å²) in [5.41, 5.74) is 1.56. The second-order valence-electron chi connectivity index (χ2n) is 4.18. The van der Waals surface area contributed by atoms with Crippen molar-refractivity contribution in [1.82, 2.24) is 4.72 Å². The van der Waals surface area contributed by atoms with E-state index in [0.717, 1.165) is 17.4 Å². The standard InChI is InChI=1S/C11H13NO5S/c1-18(15,16)12-6-7-2-3-9-8(4-7)5-10(17-9)11(13)14/h2-4,10,12H,5-6H2,1H3,(H,13,14)/t10-/m1/s1. The lowest BCUT2D eigenvalue weighted by Crippen LogP contribution is -2.24. The van der Waals surface area contributed by atoms with E-state index in [1.54, 1.807) is 18.2 Å². The molecular weight excluding hydrogens is 258 g/mol. The van der Waals surface area contributed by atoms with E-state index >= 15 is 0 Å². The molecule has 2 N–H and O–H groups in total. The molecule has 1 aromatic rings. The largest absolute Gasteiger partial charge is 0.478 e. The minimum atomic E-state index is -3.24. The zero-order valence-corrected chi connectivity index (χ0v) is 10.5. The van der Waals surface area contributed by atoms with Crippen molar-refractivity contribution in [1.29, 1.82) is 0 Å². The highest BCUT2D eigenvalue weighted by Crippen LogP contribution is 2.29. The molecule has 6 nitrogen and oxygen atoms in total. The van der Waals surface area contributed by atoms with Crippen molar-refractivity contribution in [2.75, 3.05) is 6.26 Å². The van der Waals surface area contributed by atoms with Crippen molar-refractivity contribution in [3.63, 3.8) is 0 Å². The van der Waals surface area contributed by atoms with Crippen molar-refractivity contribution >= 4 is 16.0 Å². The Morgan fingerprint density at radius 2 is 2.28 bits per heavy atom. The summed E-state index contributed by atoms with van der Waals surface area (Å²) in [4.78, 5) is 10.8. The number of carboxylic acids is 1. The summed E-state index contributed by atoms with van der Waals surface area (Å²) < 4.78 is 29.5. The highest BCUT2D eigenvalue weighted by Gasteiger charge is 2.28. The molecule has 0 spiro atoms. The van der Waals surface area contributed by atoms with Crippen LogP contribution in [-0.4, -0.2) is 31.9 Å². The van der Waals surface area contributed by atoms with Crippen LogP contribution in [0.3, 0.4) is 0 Å². The molecule has 18 heavy (non-hydrogen) atoms. The van der Waals surface area contributed by atoms with E-state index in [2.05, 4.69) is 4.72 Å². The zero-order chi connectivity index (χ0) is 13.3. The first-order valence-electron chi connectivity index (χ1n) is 5.31. The number of fused-ring (bicyclic) bond motifs is 1. The van der Waals surface area contributed by atoms with Crippen molar-refractivity contribution in [2.45, 2.75) is 19.1 Å². The van der Waals surface area contributed by atoms with Gasteiger partial charge in [-0.05, 0) is 17.2 Å². The van der Waals surface area contributed by atoms with Crippen LogP contribution in [0.15, 0.2) is 18.2 Å². The molecule has 1 aliphatic heterocycles. The third-order valence-electron chi connectivity index (χ3n) is 2.61. The Balaban J connectivity index is 2.11. The van der Waals surface area contributed by atoms with E-state index in [1.165, 1.54) is 0 Å². The SMILES string of the molecule is CS(=O)(=O)NCc1ccc2c(c1)C[C@H](C(=O)O)O2. The summed E-state index contributed by atoms with van der Waals surface area (Å²) in [7, 11) is -3.24. The van der Waals surface area contributed by atoms with Crippen molar-refractivity contribution < 1.29 is 23.1 Å². The van der Waals surface area contributed by atoms with Gasteiger partial charge in [0.1, 0.15) is 5.75 Å². The maximum atomic E-state index is 11.0. The second kappa shape index (κ2) is 4.58. The lowest BCUT2D eigenvalue weighted by atomic mass is 10.1. The van der Waals surface area contributed by atoms with Crippen LogP contribution in [0.4, 0.5) is 0 Å². The molecule has 7 heteroatoms. The van der Waals surface area contributed by atoms with E-state index < -0.39 is 22.1 Å². The normalized spacial score (nSPS) is 18.2. The molecule has 0 saturated heterocycles. The van der Waals surface area contributed by atoms with Crippen LogP contribution < -0.4 is 9.46 Å². The predicted octanol–water partition coefficient (Wildman–Crippen LogP) is 0.124. The molecule has 1 aromatic carbocycles. The lowest BCUT2D eigenvalue weighted by molar-refractivity contribution is -0.144. The Labute approximate surface area is 105 Å². The third kappa shape index (κ3) is 2.99. The number of carboxylic acid groups (broad SMARTS) is 1. The molecule has 0 radical (unpaired) electrons. The number of benzene rings is 1. The van der Waals surface area contributed by atoms with Crippen LogP contribution in [0, 0.1) is 0 Å². The number of rotatable bonds is 4. The van der Waals surface area contributed by atoms with E-state index in [0.29, 0.717) is 12.2 Å². The summed E-state index contributed by atoms with van der Waals surface area (Å²) in [6, 6.07) is 5.13. The molecule has 0 saturated carbocycles. The van der Waals surface area contributed by atoms with E-state index in [9.17, 15) is 13.2 Å². The molecular formula is C11H13NO5S. The number of aliphatic carboxylic acids is 1. The number of carbonyl (C=O) groups is 1. The minimum Gasteiger partial charge on any atom is -0.478 e. The molecule has 0 bridgehead atoms. The first kappa shape index (κ1) is 12.8. The smallest absolute Gasteiger partial charge is 0.345 e. The molecule has 0 amide bonds. The van der Waals surface area contributed by atoms with Crippen molar-refractivity contribution in [3.05, 3.63) is 29.3 Å². The fraction of sp³-hybridized carbons (Fsp3) is 0.364. The molecule has 2 rings (SSSR count). The molecule has 0 fully saturated rings. The van der Waals surface area contributed by atoms with E-state index in [-0.39, 0.29) is 6.54 Å². The molecule has 0 unspecified atom stereocenters. The van der Waals surface area contributed by atoms with Crippen LogP contribution in [0.1, 0.15) is 11.1 Å². The first-order valence-corrected chi connectivity index (χ1v) is 7.20. The van der Waals surface area contributed by atoms with Crippen LogP contribution >= 0.6 is 0 Å². The van der Waals surface area contributed by atoms with Crippen LogP contribution in [0.25, 0.3) is 0 Å². The fourth-order valence-electron chi connectivity index (χ4n) is 1.76. The monoisotopic (exact) mass is 271 g/mol. The Kier molecular flexibility index (Phi) is 3.27. The molecule has 1 heterocycles. The summed E-state index contributed by atoms with van der Waals surface area (Å²) in [5, 5.41) is 8.85. The first-order chi connectivity index (χ1) is 8.35. The zero-order valence-electron chi connectivity index (χ0n) is 9.71. The van der Waals surface area contributed by atoms with Gasteiger partial charge in [-0.3, -0.25) is 0 Å². The number of sulfonamides is 1. The Hall–Kier alpha value is -1.60. The predicted molar refractivity (Wildman–Crippen MR) is 63.9 cm³/mol. The topological polar surface area (TPSA) is 92.7 Å². The quantitative estimate of drug-likeness (QED) is 0.811. The molecule has 1 atom stereocenters. The van der Waals surface area contributed by atoms with Gasteiger partial charge in [0.15, 0.2) is 6.10 Å². The van der Waals surface area contributed by atoms with Gasteiger partial charge in [0.2, 0.25) is 10.0 Å². The van der Waals surface area contributed by atoms with Gasteiger partial charge in [0, 0.05) is 13.0 Å². The van der Waals surface area contributed by atoms with Gasteiger partial charge in [0.05, 0.1) is 6.26 Å². The number of hydrogen-bond acceptors (Lipinski definition) is 4. The Morgan fingerprint density at radius 1 is 1.56 bits per heavy atom. The van der Waals surface area contributed by atoms with Crippen molar-refractivity contribution in [3.8, 4) is 5.75 Å². The van der Waals surface area contributed by atoms with Gasteiger partial charge < -0.3 is 9.84 Å². The Morgan fingerprint density at radius 3 is 2.89 bits per heavy atom. The van der Waals surface area contributed by atoms with E-state index in [4.69, 9.17) is 9.84 Å². The van der Waals surface area contributed by atoms with E-state index in [1.807, 2.05) is 0 Å². The summed E-state index contributed by atoms with van der Waals surface area (Å²) in [6.45, 7) is 0.184. The second-order valence-corrected chi connectivity index (χ2v) is 6.02.